The van der Waals surface area contributed by atoms with Crippen LogP contribution in [-0.2, 0) is 11.2 Å². The quantitative estimate of drug-likeness (QED) is 0.737. The Morgan fingerprint density at radius 3 is 2.93 bits per heavy atom. The first-order chi connectivity index (χ1) is 6.72. The van der Waals surface area contributed by atoms with Gasteiger partial charge >= 0.3 is 0 Å². The first-order valence-electron chi connectivity index (χ1n) is 5.02. The topological polar surface area (TPSA) is 29.5 Å². The second-order valence-electron chi connectivity index (χ2n) is 3.96. The maximum atomic E-state index is 9.76. The molecule has 2 heteroatoms. The number of methoxy groups -OCH3 is 1. The van der Waals surface area contributed by atoms with Gasteiger partial charge in [-0.15, -0.1) is 0 Å². The maximum Gasteiger partial charge on any atom is 0.108 e. The fourth-order valence-electron chi connectivity index (χ4n) is 2.17. The van der Waals surface area contributed by atoms with Crippen LogP contribution < -0.4 is 0 Å². The van der Waals surface area contributed by atoms with Crippen LogP contribution in [0.15, 0.2) is 18.2 Å². The van der Waals surface area contributed by atoms with Gasteiger partial charge in [-0.2, -0.15) is 0 Å². The van der Waals surface area contributed by atoms with E-state index in [9.17, 15) is 5.11 Å². The molecule has 1 aromatic rings. The van der Waals surface area contributed by atoms with Crippen molar-refractivity contribution in [2.75, 3.05) is 7.11 Å². The van der Waals surface area contributed by atoms with Crippen molar-refractivity contribution in [1.82, 2.24) is 0 Å². The summed E-state index contributed by atoms with van der Waals surface area (Å²) < 4.78 is 5.32. The summed E-state index contributed by atoms with van der Waals surface area (Å²) in [5.41, 5.74) is 3.74. The van der Waals surface area contributed by atoms with Gasteiger partial charge in [0.05, 0.1) is 6.10 Å². The second-order valence-corrected chi connectivity index (χ2v) is 3.96. The van der Waals surface area contributed by atoms with Gasteiger partial charge in [0, 0.05) is 7.11 Å². The SMILES string of the molecule is COC1c2ccc(C)cc2CCC1O. The highest BCUT2D eigenvalue weighted by Crippen LogP contribution is 2.32. The number of benzene rings is 1. The Hall–Kier alpha value is -0.860. The van der Waals surface area contributed by atoms with Crippen molar-refractivity contribution < 1.29 is 9.84 Å². The minimum atomic E-state index is -0.352. The van der Waals surface area contributed by atoms with Gasteiger partial charge in [0.25, 0.3) is 0 Å². The van der Waals surface area contributed by atoms with Gasteiger partial charge in [-0.05, 0) is 30.9 Å². The van der Waals surface area contributed by atoms with E-state index >= 15 is 0 Å². The Labute approximate surface area is 84.5 Å². The van der Waals surface area contributed by atoms with E-state index in [0.717, 1.165) is 18.4 Å². The number of aliphatic hydroxyl groups excluding tert-OH is 1. The molecule has 2 nitrogen and oxygen atoms in total. The number of hydrogen-bond donors (Lipinski definition) is 1. The van der Waals surface area contributed by atoms with Crippen LogP contribution >= 0.6 is 0 Å². The van der Waals surface area contributed by atoms with E-state index in [2.05, 4.69) is 25.1 Å². The highest BCUT2D eigenvalue weighted by molar-refractivity contribution is 5.35. The molecular formula is C12H16O2. The number of hydrogen-bond acceptors (Lipinski definition) is 2. The molecule has 2 unspecified atom stereocenters. The molecule has 2 atom stereocenters. The third-order valence-electron chi connectivity index (χ3n) is 2.92. The summed E-state index contributed by atoms with van der Waals surface area (Å²) in [5.74, 6) is 0. The average molecular weight is 192 g/mol. The summed E-state index contributed by atoms with van der Waals surface area (Å²) in [6.07, 6.45) is 1.27. The summed E-state index contributed by atoms with van der Waals surface area (Å²) in [6.45, 7) is 2.09. The fourth-order valence-corrected chi connectivity index (χ4v) is 2.17. The summed E-state index contributed by atoms with van der Waals surface area (Å²) in [7, 11) is 1.66. The summed E-state index contributed by atoms with van der Waals surface area (Å²) in [5, 5.41) is 9.76. The van der Waals surface area contributed by atoms with E-state index in [1.54, 1.807) is 7.11 Å². The van der Waals surface area contributed by atoms with Crippen LogP contribution in [0.25, 0.3) is 0 Å². The molecule has 1 aliphatic rings. The van der Waals surface area contributed by atoms with Crippen molar-refractivity contribution in [2.24, 2.45) is 0 Å². The van der Waals surface area contributed by atoms with Crippen molar-refractivity contribution in [1.29, 1.82) is 0 Å². The molecule has 0 bridgehead atoms. The van der Waals surface area contributed by atoms with Gasteiger partial charge in [-0.3, -0.25) is 0 Å². The van der Waals surface area contributed by atoms with Crippen LogP contribution in [-0.4, -0.2) is 18.3 Å². The fraction of sp³-hybridized carbons (Fsp3) is 0.500. The molecule has 76 valence electrons. The molecule has 2 rings (SSSR count). The Morgan fingerprint density at radius 1 is 1.43 bits per heavy atom. The molecule has 0 saturated heterocycles. The van der Waals surface area contributed by atoms with Gasteiger partial charge in [0.1, 0.15) is 6.10 Å². The third-order valence-corrected chi connectivity index (χ3v) is 2.92. The lowest BCUT2D eigenvalue weighted by Crippen LogP contribution is -2.26. The van der Waals surface area contributed by atoms with Crippen molar-refractivity contribution in [3.05, 3.63) is 34.9 Å². The van der Waals surface area contributed by atoms with Crippen LogP contribution in [0.2, 0.25) is 0 Å². The Morgan fingerprint density at radius 2 is 2.21 bits per heavy atom. The van der Waals surface area contributed by atoms with E-state index in [4.69, 9.17) is 4.74 Å². The summed E-state index contributed by atoms with van der Waals surface area (Å²) >= 11 is 0. The lowest BCUT2D eigenvalue weighted by Gasteiger charge is -2.29. The van der Waals surface area contributed by atoms with Gasteiger partial charge in [0.2, 0.25) is 0 Å². The molecule has 0 aromatic heterocycles. The van der Waals surface area contributed by atoms with E-state index in [1.807, 2.05) is 0 Å². The van der Waals surface area contributed by atoms with Crippen molar-refractivity contribution in [3.63, 3.8) is 0 Å². The number of aliphatic hydroxyl groups is 1. The standard InChI is InChI=1S/C12H16O2/c1-8-3-5-10-9(7-8)4-6-11(13)12(10)14-2/h3,5,7,11-13H,4,6H2,1-2H3. The van der Waals surface area contributed by atoms with Crippen molar-refractivity contribution in [3.8, 4) is 0 Å². The molecule has 0 amide bonds. The lowest BCUT2D eigenvalue weighted by molar-refractivity contribution is -0.0233. The molecular weight excluding hydrogens is 176 g/mol. The molecule has 1 N–H and O–H groups in total. The van der Waals surface area contributed by atoms with E-state index in [-0.39, 0.29) is 12.2 Å². The predicted octanol–water partition coefficient (Wildman–Crippen LogP) is 1.99. The molecule has 0 saturated carbocycles. The van der Waals surface area contributed by atoms with Crippen LogP contribution in [0, 0.1) is 6.92 Å². The number of ether oxygens (including phenoxy) is 1. The molecule has 1 aliphatic carbocycles. The summed E-state index contributed by atoms with van der Waals surface area (Å²) in [4.78, 5) is 0. The van der Waals surface area contributed by atoms with E-state index in [0.29, 0.717) is 0 Å². The molecule has 0 aliphatic heterocycles. The average Bonchev–Trinajstić information content (AvgIpc) is 2.18. The van der Waals surface area contributed by atoms with Gasteiger partial charge in [-0.1, -0.05) is 23.8 Å². The molecule has 0 spiro atoms. The highest BCUT2D eigenvalue weighted by Gasteiger charge is 2.27. The normalized spacial score (nSPS) is 25.9. The minimum absolute atomic E-state index is 0.139. The highest BCUT2D eigenvalue weighted by atomic mass is 16.5. The monoisotopic (exact) mass is 192 g/mol. The van der Waals surface area contributed by atoms with E-state index < -0.39 is 0 Å². The molecule has 14 heavy (non-hydrogen) atoms. The number of aryl methyl sites for hydroxylation is 2. The molecule has 0 heterocycles. The zero-order chi connectivity index (χ0) is 10.1. The number of rotatable bonds is 1. The largest absolute Gasteiger partial charge is 0.390 e. The van der Waals surface area contributed by atoms with Crippen LogP contribution in [0.3, 0.4) is 0 Å². The van der Waals surface area contributed by atoms with Crippen molar-refractivity contribution in [2.45, 2.75) is 32.0 Å². The third kappa shape index (κ3) is 1.56. The van der Waals surface area contributed by atoms with Gasteiger partial charge in [-0.25, -0.2) is 0 Å². The Balaban J connectivity index is 2.41. The lowest BCUT2D eigenvalue weighted by atomic mass is 9.86. The van der Waals surface area contributed by atoms with Crippen molar-refractivity contribution >= 4 is 0 Å². The maximum absolute atomic E-state index is 9.76. The van der Waals surface area contributed by atoms with E-state index in [1.165, 1.54) is 11.1 Å². The number of fused-ring (bicyclic) bond motifs is 1. The van der Waals surface area contributed by atoms with Gasteiger partial charge < -0.3 is 9.84 Å². The van der Waals surface area contributed by atoms with Crippen LogP contribution in [0.4, 0.5) is 0 Å². The first-order valence-corrected chi connectivity index (χ1v) is 5.02. The van der Waals surface area contributed by atoms with Crippen LogP contribution in [0.1, 0.15) is 29.2 Å². The van der Waals surface area contributed by atoms with Crippen LogP contribution in [0.5, 0.6) is 0 Å². The Kier molecular flexibility index (Phi) is 2.57. The molecule has 1 aromatic carbocycles. The molecule has 0 fully saturated rings. The summed E-state index contributed by atoms with van der Waals surface area (Å²) in [6, 6.07) is 6.33. The predicted molar refractivity (Wildman–Crippen MR) is 55.3 cm³/mol. The zero-order valence-corrected chi connectivity index (χ0v) is 8.66. The first kappa shape index (κ1) is 9.69. The zero-order valence-electron chi connectivity index (χ0n) is 8.66. The Bertz CT molecular complexity index is 333. The van der Waals surface area contributed by atoms with Gasteiger partial charge in [0.15, 0.2) is 0 Å². The minimum Gasteiger partial charge on any atom is -0.390 e. The smallest absolute Gasteiger partial charge is 0.108 e. The second kappa shape index (κ2) is 3.71. The molecule has 0 radical (unpaired) electrons.